The summed E-state index contributed by atoms with van der Waals surface area (Å²) < 4.78 is 0. The van der Waals surface area contributed by atoms with E-state index in [-0.39, 0.29) is 0 Å². The molecule has 4 unspecified atom stereocenters. The lowest BCUT2D eigenvalue weighted by Crippen LogP contribution is -2.61. The Morgan fingerprint density at radius 2 is 1.37 bits per heavy atom. The van der Waals surface area contributed by atoms with Gasteiger partial charge < -0.3 is 0 Å². The van der Waals surface area contributed by atoms with Crippen molar-refractivity contribution in [2.75, 3.05) is 0 Å². The van der Waals surface area contributed by atoms with Crippen molar-refractivity contribution in [3.8, 4) is 0 Å². The van der Waals surface area contributed by atoms with E-state index in [2.05, 4.69) is 68.7 Å². The highest BCUT2D eigenvalue weighted by Gasteiger charge is 2.56. The molecule has 0 spiro atoms. The van der Waals surface area contributed by atoms with Crippen LogP contribution in [-0.4, -0.2) is 15.2 Å². The number of benzene rings is 2. The first kappa shape index (κ1) is 21.0. The molecule has 0 aromatic heterocycles. The summed E-state index contributed by atoms with van der Waals surface area (Å²) >= 11 is 0. The summed E-state index contributed by atoms with van der Waals surface area (Å²) in [4.78, 5) is 0. The van der Waals surface area contributed by atoms with E-state index in [9.17, 15) is 0 Å². The number of hydrogen-bond acceptors (Lipinski definition) is 0. The van der Waals surface area contributed by atoms with E-state index in [1.807, 2.05) is 0 Å². The maximum absolute atomic E-state index is 2.85. The van der Waals surface area contributed by atoms with E-state index in [0.29, 0.717) is 0 Å². The van der Waals surface area contributed by atoms with Crippen molar-refractivity contribution in [2.45, 2.75) is 101 Å². The van der Waals surface area contributed by atoms with Gasteiger partial charge in [0.05, 0.1) is 0 Å². The SMILES string of the molecule is C[Si](C)(C1CCCC1)[Si](C)(C)C1CCC2C(c3cccc4ccccc34)CCCC21. The molecule has 162 valence electrons. The van der Waals surface area contributed by atoms with Gasteiger partial charge in [-0.2, -0.15) is 0 Å². The van der Waals surface area contributed by atoms with Crippen molar-refractivity contribution in [3.63, 3.8) is 0 Å². The Morgan fingerprint density at radius 1 is 0.633 bits per heavy atom. The fraction of sp³-hybridized carbons (Fsp3) is 0.643. The van der Waals surface area contributed by atoms with Crippen LogP contribution >= 0.6 is 0 Å². The Balaban J connectivity index is 1.45. The van der Waals surface area contributed by atoms with Crippen molar-refractivity contribution < 1.29 is 0 Å². The average molecular weight is 435 g/mol. The van der Waals surface area contributed by atoms with Gasteiger partial charge in [-0.05, 0) is 58.0 Å². The summed E-state index contributed by atoms with van der Waals surface area (Å²) in [5, 5.41) is 2.97. The first-order valence-corrected chi connectivity index (χ1v) is 20.0. The van der Waals surface area contributed by atoms with Crippen LogP contribution in [-0.2, 0) is 0 Å². The first-order valence-electron chi connectivity index (χ1n) is 12.9. The molecule has 0 bridgehead atoms. The standard InChI is InChI=1S/C28H42Si2/c1-29(2,22-13-6-7-14-22)30(3,4)28-20-19-26-25(17-10-18-27(26)28)24-16-9-12-21-11-5-8-15-23(21)24/h5,8-9,11-12,15-16,22,25-28H,6-7,10,13-14,17-20H2,1-4H3. The maximum atomic E-state index is 2.85. The van der Waals surface area contributed by atoms with Crippen molar-refractivity contribution in [3.05, 3.63) is 48.0 Å². The molecule has 5 rings (SSSR count). The van der Waals surface area contributed by atoms with Crippen LogP contribution in [0.4, 0.5) is 0 Å². The molecule has 0 nitrogen and oxygen atoms in total. The molecular formula is C28H42Si2. The van der Waals surface area contributed by atoms with Crippen LogP contribution in [0.25, 0.3) is 10.8 Å². The van der Waals surface area contributed by atoms with E-state index in [4.69, 9.17) is 0 Å². The van der Waals surface area contributed by atoms with Crippen LogP contribution in [0.1, 0.15) is 69.3 Å². The predicted molar refractivity (Wildman–Crippen MR) is 138 cm³/mol. The smallest absolute Gasteiger partial charge is 0.0448 e. The lowest BCUT2D eigenvalue weighted by atomic mass is 9.70. The third-order valence-corrected chi connectivity index (χ3v) is 31.4. The topological polar surface area (TPSA) is 0 Å². The van der Waals surface area contributed by atoms with Gasteiger partial charge in [0.25, 0.3) is 0 Å². The van der Waals surface area contributed by atoms with E-state index >= 15 is 0 Å². The predicted octanol–water partition coefficient (Wildman–Crippen LogP) is 8.94. The van der Waals surface area contributed by atoms with Gasteiger partial charge in [0, 0.05) is 15.2 Å². The second kappa shape index (κ2) is 7.92. The second-order valence-corrected chi connectivity index (χ2v) is 28.2. The number of rotatable bonds is 4. The molecule has 3 saturated carbocycles. The zero-order chi connectivity index (χ0) is 20.9. The first-order chi connectivity index (χ1) is 14.4. The van der Waals surface area contributed by atoms with Crippen LogP contribution in [0.2, 0.25) is 37.3 Å². The van der Waals surface area contributed by atoms with Crippen LogP contribution in [0.5, 0.6) is 0 Å². The minimum Gasteiger partial charge on any atom is -0.0711 e. The molecule has 3 aliphatic rings. The zero-order valence-electron chi connectivity index (χ0n) is 19.8. The highest BCUT2D eigenvalue weighted by atomic mass is 29.3. The molecule has 30 heavy (non-hydrogen) atoms. The fourth-order valence-corrected chi connectivity index (χ4v) is 22.5. The van der Waals surface area contributed by atoms with Crippen LogP contribution in [0.3, 0.4) is 0 Å². The monoisotopic (exact) mass is 434 g/mol. The lowest BCUT2D eigenvalue weighted by Gasteiger charge is -2.50. The largest absolute Gasteiger partial charge is 0.0711 e. The van der Waals surface area contributed by atoms with Gasteiger partial charge in [-0.25, -0.2) is 0 Å². The zero-order valence-corrected chi connectivity index (χ0v) is 21.8. The van der Waals surface area contributed by atoms with Gasteiger partial charge in [-0.3, -0.25) is 0 Å². The molecule has 2 aromatic rings. The minimum atomic E-state index is -1.22. The molecule has 0 N–H and O–H groups in total. The van der Waals surface area contributed by atoms with E-state index < -0.39 is 15.2 Å². The molecule has 0 amide bonds. The summed E-state index contributed by atoms with van der Waals surface area (Å²) in [5.74, 6) is 2.79. The fourth-order valence-electron chi connectivity index (χ4n) is 8.31. The van der Waals surface area contributed by atoms with Gasteiger partial charge in [-0.15, -0.1) is 0 Å². The highest BCUT2D eigenvalue weighted by Crippen LogP contribution is 2.60. The van der Waals surface area contributed by atoms with E-state index in [0.717, 1.165) is 28.8 Å². The summed E-state index contributed by atoms with van der Waals surface area (Å²) in [6, 6.07) is 16.2. The Morgan fingerprint density at radius 3 is 2.17 bits per heavy atom. The maximum Gasteiger partial charge on any atom is 0.0448 e. The lowest BCUT2D eigenvalue weighted by molar-refractivity contribution is 0.238. The summed E-state index contributed by atoms with van der Waals surface area (Å²) in [6.45, 7) is 11.4. The molecular weight excluding hydrogens is 392 g/mol. The Labute approximate surface area is 186 Å². The van der Waals surface area contributed by atoms with E-state index in [1.54, 1.807) is 24.8 Å². The van der Waals surface area contributed by atoms with Crippen molar-refractivity contribution >= 4 is 26.0 Å². The van der Waals surface area contributed by atoms with Crippen LogP contribution in [0, 0.1) is 11.8 Å². The Bertz CT molecular complexity index is 887. The van der Waals surface area contributed by atoms with Crippen LogP contribution < -0.4 is 0 Å². The highest BCUT2D eigenvalue weighted by molar-refractivity contribution is 7.41. The third-order valence-electron chi connectivity index (χ3n) is 10.6. The van der Waals surface area contributed by atoms with Crippen molar-refractivity contribution in [2.24, 2.45) is 11.8 Å². The van der Waals surface area contributed by atoms with Crippen molar-refractivity contribution in [1.29, 1.82) is 0 Å². The van der Waals surface area contributed by atoms with Crippen LogP contribution in [0.15, 0.2) is 42.5 Å². The van der Waals surface area contributed by atoms with Gasteiger partial charge >= 0.3 is 0 Å². The summed E-state index contributed by atoms with van der Waals surface area (Å²) in [5.41, 5.74) is 3.91. The number of hydrogen-bond donors (Lipinski definition) is 0. The molecule has 4 atom stereocenters. The molecule has 0 heterocycles. The quantitative estimate of drug-likeness (QED) is 0.421. The second-order valence-electron chi connectivity index (χ2n) is 12.0. The molecule has 2 aromatic carbocycles. The minimum absolute atomic E-state index is 0.806. The average Bonchev–Trinajstić information content (AvgIpc) is 3.43. The normalized spacial score (nSPS) is 30.7. The Hall–Kier alpha value is -0.866. The molecule has 0 radical (unpaired) electrons. The summed E-state index contributed by atoms with van der Waals surface area (Å²) in [7, 11) is -2.36. The summed E-state index contributed by atoms with van der Waals surface area (Å²) in [6.07, 6.45) is 13.6. The van der Waals surface area contributed by atoms with Gasteiger partial charge in [-0.1, -0.05) is 114 Å². The van der Waals surface area contributed by atoms with Crippen molar-refractivity contribution in [1.82, 2.24) is 0 Å². The number of fused-ring (bicyclic) bond motifs is 2. The van der Waals surface area contributed by atoms with E-state index in [1.165, 1.54) is 49.3 Å². The van der Waals surface area contributed by atoms with Gasteiger partial charge in [0.2, 0.25) is 0 Å². The molecule has 2 heteroatoms. The molecule has 3 fully saturated rings. The molecule has 0 aliphatic heterocycles. The van der Waals surface area contributed by atoms with Gasteiger partial charge in [0.15, 0.2) is 0 Å². The molecule has 3 aliphatic carbocycles. The Kier molecular flexibility index (Phi) is 5.55. The van der Waals surface area contributed by atoms with Gasteiger partial charge in [0.1, 0.15) is 0 Å². The third kappa shape index (κ3) is 3.28. The molecule has 0 saturated heterocycles.